The number of nitrogens with one attached hydrogen (secondary N) is 1. The van der Waals surface area contributed by atoms with Crippen LogP contribution in [0.15, 0.2) is 28.7 Å². The van der Waals surface area contributed by atoms with E-state index in [1.54, 1.807) is 0 Å². The van der Waals surface area contributed by atoms with Gasteiger partial charge in [0.15, 0.2) is 0 Å². The Morgan fingerprint density at radius 3 is 2.69 bits per heavy atom. The van der Waals surface area contributed by atoms with Crippen LogP contribution in [-0.2, 0) is 11.2 Å². The molecule has 0 aliphatic carbocycles. The largest absolute Gasteiger partial charge is 0.352 e. The number of halogens is 2. The van der Waals surface area contributed by atoms with Crippen molar-refractivity contribution in [2.45, 2.75) is 19.4 Å². The van der Waals surface area contributed by atoms with Gasteiger partial charge in [0.1, 0.15) is 0 Å². The highest BCUT2D eigenvalue weighted by atomic mass is 79.9. The van der Waals surface area contributed by atoms with Crippen LogP contribution in [0.2, 0.25) is 0 Å². The summed E-state index contributed by atoms with van der Waals surface area (Å²) in [7, 11) is 0. The number of carbonyl (C=O) groups excluding carboxylic acids is 1. The van der Waals surface area contributed by atoms with Gasteiger partial charge in [0.2, 0.25) is 5.91 Å². The van der Waals surface area contributed by atoms with Crippen LogP contribution in [0.25, 0.3) is 0 Å². The van der Waals surface area contributed by atoms with Gasteiger partial charge in [-0.1, -0.05) is 34.1 Å². The minimum atomic E-state index is -0.000139. The lowest BCUT2D eigenvalue weighted by Gasteiger charge is -2.11. The molecule has 0 aliphatic heterocycles. The Bertz CT molecular complexity index is 347. The van der Waals surface area contributed by atoms with Crippen LogP contribution in [0.1, 0.15) is 12.5 Å². The molecule has 3 N–H and O–H groups in total. The van der Waals surface area contributed by atoms with Gasteiger partial charge >= 0.3 is 0 Å². The van der Waals surface area contributed by atoms with E-state index in [2.05, 4.69) is 21.2 Å². The minimum absolute atomic E-state index is 0. The quantitative estimate of drug-likeness (QED) is 0.892. The molecule has 1 aromatic rings. The predicted octanol–water partition coefficient (Wildman–Crippen LogP) is 1.88. The zero-order valence-electron chi connectivity index (χ0n) is 9.07. The molecule has 1 aromatic carbocycles. The number of nitrogens with two attached hydrogens (primary N) is 1. The molecule has 1 rings (SSSR count). The van der Waals surface area contributed by atoms with Crippen molar-refractivity contribution in [1.29, 1.82) is 0 Å². The maximum absolute atomic E-state index is 11.5. The molecule has 0 saturated heterocycles. The standard InChI is InChI=1S/C11H15BrN2O.ClH/c1-8(7-13)14-11(15)6-9-4-2-3-5-10(9)12;/h2-5,8H,6-7,13H2,1H3,(H,14,15);1H/t8-;/m1./s1. The van der Waals surface area contributed by atoms with Gasteiger partial charge < -0.3 is 11.1 Å². The summed E-state index contributed by atoms with van der Waals surface area (Å²) in [6.45, 7) is 2.35. The zero-order chi connectivity index (χ0) is 11.3. The Hall–Kier alpha value is -0.580. The van der Waals surface area contributed by atoms with Crippen LogP contribution in [0.5, 0.6) is 0 Å². The Morgan fingerprint density at radius 1 is 1.50 bits per heavy atom. The summed E-state index contributed by atoms with van der Waals surface area (Å²) in [4.78, 5) is 11.5. The van der Waals surface area contributed by atoms with Gasteiger partial charge in [0.25, 0.3) is 0 Å². The topological polar surface area (TPSA) is 55.1 Å². The van der Waals surface area contributed by atoms with Gasteiger partial charge in [-0.2, -0.15) is 0 Å². The second-order valence-electron chi connectivity index (χ2n) is 3.47. The molecule has 0 aromatic heterocycles. The van der Waals surface area contributed by atoms with Crippen molar-refractivity contribution in [3.05, 3.63) is 34.3 Å². The van der Waals surface area contributed by atoms with Gasteiger partial charge in [0, 0.05) is 17.1 Å². The van der Waals surface area contributed by atoms with Crippen molar-refractivity contribution >= 4 is 34.2 Å². The van der Waals surface area contributed by atoms with Gasteiger partial charge in [-0.3, -0.25) is 4.79 Å². The third kappa shape index (κ3) is 4.96. The fourth-order valence-corrected chi connectivity index (χ4v) is 1.62. The molecule has 16 heavy (non-hydrogen) atoms. The fraction of sp³-hybridized carbons (Fsp3) is 0.364. The molecule has 0 saturated carbocycles. The van der Waals surface area contributed by atoms with Crippen molar-refractivity contribution < 1.29 is 4.79 Å². The number of carbonyl (C=O) groups is 1. The molecule has 0 heterocycles. The molecule has 0 fully saturated rings. The highest BCUT2D eigenvalue weighted by Crippen LogP contribution is 2.16. The molecule has 1 amide bonds. The maximum atomic E-state index is 11.5. The van der Waals surface area contributed by atoms with E-state index >= 15 is 0 Å². The van der Waals surface area contributed by atoms with Crippen molar-refractivity contribution in [3.8, 4) is 0 Å². The van der Waals surface area contributed by atoms with Crippen molar-refractivity contribution in [3.63, 3.8) is 0 Å². The first kappa shape index (κ1) is 15.4. The van der Waals surface area contributed by atoms with Crippen LogP contribution in [0.4, 0.5) is 0 Å². The van der Waals surface area contributed by atoms with E-state index in [9.17, 15) is 4.79 Å². The summed E-state index contributed by atoms with van der Waals surface area (Å²) >= 11 is 3.40. The number of amides is 1. The highest BCUT2D eigenvalue weighted by molar-refractivity contribution is 9.10. The maximum Gasteiger partial charge on any atom is 0.224 e. The van der Waals surface area contributed by atoms with Crippen LogP contribution in [0, 0.1) is 0 Å². The van der Waals surface area contributed by atoms with Crippen molar-refractivity contribution in [2.24, 2.45) is 5.73 Å². The second-order valence-corrected chi connectivity index (χ2v) is 4.33. The van der Waals surface area contributed by atoms with Gasteiger partial charge in [-0.25, -0.2) is 0 Å². The average molecular weight is 308 g/mol. The smallest absolute Gasteiger partial charge is 0.224 e. The molecule has 1 atom stereocenters. The predicted molar refractivity (Wildman–Crippen MR) is 71.8 cm³/mol. The third-order valence-electron chi connectivity index (χ3n) is 2.07. The van der Waals surface area contributed by atoms with E-state index in [4.69, 9.17) is 5.73 Å². The molecule has 0 spiro atoms. The number of rotatable bonds is 4. The summed E-state index contributed by atoms with van der Waals surface area (Å²) in [6, 6.07) is 7.72. The molecular weight excluding hydrogens is 291 g/mol. The first-order valence-electron chi connectivity index (χ1n) is 4.86. The molecule has 90 valence electrons. The lowest BCUT2D eigenvalue weighted by Crippen LogP contribution is -2.38. The SMILES string of the molecule is C[C@H](CN)NC(=O)Cc1ccccc1Br.Cl. The summed E-state index contributed by atoms with van der Waals surface area (Å²) in [5.41, 5.74) is 6.41. The summed E-state index contributed by atoms with van der Waals surface area (Å²) in [6.07, 6.45) is 0.381. The number of hydrogen-bond donors (Lipinski definition) is 2. The van der Waals surface area contributed by atoms with Crippen LogP contribution >= 0.6 is 28.3 Å². The van der Waals surface area contributed by atoms with E-state index in [-0.39, 0.29) is 24.4 Å². The molecule has 3 nitrogen and oxygen atoms in total. The molecule has 0 unspecified atom stereocenters. The van der Waals surface area contributed by atoms with Crippen molar-refractivity contribution in [2.75, 3.05) is 6.54 Å². The van der Waals surface area contributed by atoms with E-state index in [0.29, 0.717) is 13.0 Å². The molecular formula is C11H16BrClN2O. The normalized spacial score (nSPS) is 11.4. The molecule has 0 radical (unpaired) electrons. The summed E-state index contributed by atoms with van der Waals surface area (Å²) < 4.78 is 0.959. The number of hydrogen-bond acceptors (Lipinski definition) is 2. The molecule has 0 aliphatic rings. The van der Waals surface area contributed by atoms with E-state index in [1.165, 1.54) is 0 Å². The Balaban J connectivity index is 0.00000225. The fourth-order valence-electron chi connectivity index (χ4n) is 1.20. The van der Waals surface area contributed by atoms with Crippen LogP contribution in [-0.4, -0.2) is 18.5 Å². The van der Waals surface area contributed by atoms with Gasteiger partial charge in [0.05, 0.1) is 6.42 Å². The first-order chi connectivity index (χ1) is 7.13. The molecule has 5 heteroatoms. The zero-order valence-corrected chi connectivity index (χ0v) is 11.5. The van der Waals surface area contributed by atoms with Gasteiger partial charge in [-0.15, -0.1) is 12.4 Å². The Labute approximate surface area is 110 Å². The van der Waals surface area contributed by atoms with E-state index in [0.717, 1.165) is 10.0 Å². The van der Waals surface area contributed by atoms with E-state index < -0.39 is 0 Å². The summed E-state index contributed by atoms with van der Waals surface area (Å²) in [5, 5.41) is 2.82. The average Bonchev–Trinajstić information content (AvgIpc) is 2.21. The second kappa shape index (κ2) is 7.65. The Kier molecular flexibility index (Phi) is 7.38. The lowest BCUT2D eigenvalue weighted by molar-refractivity contribution is -0.121. The highest BCUT2D eigenvalue weighted by Gasteiger charge is 2.08. The monoisotopic (exact) mass is 306 g/mol. The van der Waals surface area contributed by atoms with E-state index in [1.807, 2.05) is 31.2 Å². The molecule has 0 bridgehead atoms. The van der Waals surface area contributed by atoms with Crippen LogP contribution in [0.3, 0.4) is 0 Å². The lowest BCUT2D eigenvalue weighted by atomic mass is 10.1. The first-order valence-corrected chi connectivity index (χ1v) is 5.65. The number of benzene rings is 1. The van der Waals surface area contributed by atoms with Crippen molar-refractivity contribution in [1.82, 2.24) is 5.32 Å². The van der Waals surface area contributed by atoms with Gasteiger partial charge in [-0.05, 0) is 18.6 Å². The third-order valence-corrected chi connectivity index (χ3v) is 2.84. The van der Waals surface area contributed by atoms with Crippen LogP contribution < -0.4 is 11.1 Å². The summed E-state index contributed by atoms with van der Waals surface area (Å²) in [5.74, 6) is -0.000139. The Morgan fingerprint density at radius 2 is 2.12 bits per heavy atom. The minimum Gasteiger partial charge on any atom is -0.352 e.